The third-order valence-electron chi connectivity index (χ3n) is 5.80. The van der Waals surface area contributed by atoms with Crippen LogP contribution in [0.5, 0.6) is 0 Å². The molecule has 4 rings (SSSR count). The van der Waals surface area contributed by atoms with E-state index < -0.39 is 11.7 Å². The lowest BCUT2D eigenvalue weighted by Gasteiger charge is -2.42. The second-order valence-electron chi connectivity index (χ2n) is 8.95. The highest BCUT2D eigenvalue weighted by Gasteiger charge is 2.46. The molecule has 0 radical (unpaired) electrons. The van der Waals surface area contributed by atoms with Crippen molar-refractivity contribution in [2.75, 3.05) is 17.3 Å². The van der Waals surface area contributed by atoms with Crippen molar-refractivity contribution < 1.29 is 18.7 Å². The molecule has 2 aromatic rings. The second kappa shape index (κ2) is 9.79. The minimum absolute atomic E-state index is 0.0755. The number of carbonyl (C=O) groups excluding carboxylic acids is 2. The van der Waals surface area contributed by atoms with Crippen LogP contribution in [-0.2, 0) is 14.3 Å². The normalized spacial score (nSPS) is 19.5. The van der Waals surface area contributed by atoms with Crippen LogP contribution in [0, 0.1) is 22.6 Å². The topological polar surface area (TPSA) is 122 Å². The zero-order valence-corrected chi connectivity index (χ0v) is 21.1. The van der Waals surface area contributed by atoms with Gasteiger partial charge in [0.05, 0.1) is 29.9 Å². The van der Waals surface area contributed by atoms with Gasteiger partial charge < -0.3 is 10.5 Å². The number of ether oxygens (including phenoxy) is 1. The van der Waals surface area contributed by atoms with Crippen molar-refractivity contribution in [1.82, 2.24) is 10.2 Å². The standard InChI is InChI=1S/C24H24FN5O3S2/c1-4-33-18(32)12-34-23-29-28-22(35-23)30-16-9-24(2,3)10-17(31)20(16)19(14(11-26)21(30)27)13-7-5-6-8-15(13)25/h5-8,19H,4,9-10,12,27H2,1-3H3. The first-order chi connectivity index (χ1) is 16.7. The van der Waals surface area contributed by atoms with Crippen LogP contribution in [0.1, 0.15) is 45.1 Å². The van der Waals surface area contributed by atoms with Crippen LogP contribution in [0.25, 0.3) is 0 Å². The molecule has 182 valence electrons. The zero-order valence-electron chi connectivity index (χ0n) is 19.5. The lowest BCUT2D eigenvalue weighted by atomic mass is 9.68. The fraction of sp³-hybridized carbons (Fsp3) is 0.375. The summed E-state index contributed by atoms with van der Waals surface area (Å²) in [4.78, 5) is 26.8. The number of aromatic nitrogens is 2. The highest BCUT2D eigenvalue weighted by atomic mass is 32.2. The maximum absolute atomic E-state index is 14.9. The third-order valence-corrected chi connectivity index (χ3v) is 7.82. The van der Waals surface area contributed by atoms with Crippen LogP contribution in [0.4, 0.5) is 9.52 Å². The molecule has 2 heterocycles. The molecule has 1 aromatic carbocycles. The predicted molar refractivity (Wildman–Crippen MR) is 131 cm³/mol. The van der Waals surface area contributed by atoms with Crippen molar-refractivity contribution in [1.29, 1.82) is 5.26 Å². The summed E-state index contributed by atoms with van der Waals surface area (Å²) in [5.41, 5.74) is 7.42. The number of esters is 1. The van der Waals surface area contributed by atoms with Gasteiger partial charge in [0.2, 0.25) is 5.13 Å². The average Bonchev–Trinajstić information content (AvgIpc) is 3.25. The lowest BCUT2D eigenvalue weighted by molar-refractivity contribution is -0.139. The first-order valence-electron chi connectivity index (χ1n) is 11.0. The van der Waals surface area contributed by atoms with Crippen molar-refractivity contribution in [2.24, 2.45) is 11.1 Å². The molecule has 1 atom stereocenters. The summed E-state index contributed by atoms with van der Waals surface area (Å²) in [5, 5.41) is 18.8. The number of nitrogens with zero attached hydrogens (tertiary/aromatic N) is 4. The van der Waals surface area contributed by atoms with E-state index in [1.54, 1.807) is 30.0 Å². The van der Waals surface area contributed by atoms with Crippen LogP contribution in [0.15, 0.2) is 51.3 Å². The Balaban J connectivity index is 1.82. The molecule has 0 amide bonds. The van der Waals surface area contributed by atoms with Crippen LogP contribution in [-0.4, -0.2) is 34.3 Å². The number of hydrogen-bond acceptors (Lipinski definition) is 10. The first-order valence-corrected chi connectivity index (χ1v) is 12.8. The van der Waals surface area contributed by atoms with Gasteiger partial charge in [-0.1, -0.05) is 55.1 Å². The molecule has 1 aromatic heterocycles. The predicted octanol–water partition coefficient (Wildman–Crippen LogP) is 4.27. The van der Waals surface area contributed by atoms with Gasteiger partial charge in [0.1, 0.15) is 11.6 Å². The van der Waals surface area contributed by atoms with Gasteiger partial charge >= 0.3 is 5.97 Å². The van der Waals surface area contributed by atoms with Gasteiger partial charge in [-0.3, -0.25) is 14.5 Å². The van der Waals surface area contributed by atoms with E-state index in [0.29, 0.717) is 27.2 Å². The third kappa shape index (κ3) is 4.81. The summed E-state index contributed by atoms with van der Waals surface area (Å²) in [5.74, 6) is -1.77. The van der Waals surface area contributed by atoms with Gasteiger partial charge in [-0.2, -0.15) is 5.26 Å². The van der Waals surface area contributed by atoms with Crippen LogP contribution < -0.4 is 10.6 Å². The first kappa shape index (κ1) is 24.9. The van der Waals surface area contributed by atoms with Crippen LogP contribution in [0.2, 0.25) is 0 Å². The number of carbonyl (C=O) groups is 2. The monoisotopic (exact) mass is 513 g/mol. The number of nitrogens with two attached hydrogens (primary N) is 1. The van der Waals surface area contributed by atoms with E-state index in [2.05, 4.69) is 16.3 Å². The Hall–Kier alpha value is -3.23. The van der Waals surface area contributed by atoms with E-state index in [9.17, 15) is 19.2 Å². The van der Waals surface area contributed by atoms with E-state index in [1.807, 2.05) is 13.8 Å². The van der Waals surface area contributed by atoms with Gasteiger partial charge in [-0.15, -0.1) is 10.2 Å². The Kier molecular flexibility index (Phi) is 6.96. The van der Waals surface area contributed by atoms with E-state index in [-0.39, 0.29) is 52.9 Å². The van der Waals surface area contributed by atoms with E-state index >= 15 is 0 Å². The van der Waals surface area contributed by atoms with Crippen LogP contribution >= 0.6 is 23.1 Å². The number of hydrogen-bond donors (Lipinski definition) is 1. The number of benzene rings is 1. The fourth-order valence-electron chi connectivity index (χ4n) is 4.42. The van der Waals surface area contributed by atoms with Crippen molar-refractivity contribution >= 4 is 40.0 Å². The number of thioether (sulfide) groups is 1. The number of nitriles is 1. The number of Topliss-reactive ketones (excluding diaryl/α,β-unsaturated/α-hetero) is 1. The summed E-state index contributed by atoms with van der Waals surface area (Å²) in [6.45, 7) is 5.98. The van der Waals surface area contributed by atoms with Crippen LogP contribution in [0.3, 0.4) is 0 Å². The number of ketones is 1. The molecule has 0 spiro atoms. The number of anilines is 1. The molecule has 11 heteroatoms. The Morgan fingerprint density at radius 3 is 2.80 bits per heavy atom. The van der Waals surface area contributed by atoms with Crippen molar-refractivity contribution in [2.45, 2.75) is 43.9 Å². The molecule has 1 aliphatic heterocycles. The number of rotatable bonds is 6. The van der Waals surface area contributed by atoms with Gasteiger partial charge in [0.15, 0.2) is 10.1 Å². The minimum atomic E-state index is -0.901. The highest BCUT2D eigenvalue weighted by molar-refractivity contribution is 8.01. The van der Waals surface area contributed by atoms with E-state index in [0.717, 1.165) is 0 Å². The minimum Gasteiger partial charge on any atom is -0.465 e. The van der Waals surface area contributed by atoms with Crippen molar-refractivity contribution in [3.8, 4) is 6.07 Å². The number of allylic oxidation sites excluding steroid dienone is 3. The second-order valence-corrected chi connectivity index (χ2v) is 11.1. The van der Waals surface area contributed by atoms with Gasteiger partial charge in [0, 0.05) is 23.3 Å². The number of halogens is 1. The molecule has 35 heavy (non-hydrogen) atoms. The molecular formula is C24H24FN5O3S2. The summed E-state index contributed by atoms with van der Waals surface area (Å²) in [7, 11) is 0. The summed E-state index contributed by atoms with van der Waals surface area (Å²) >= 11 is 2.37. The van der Waals surface area contributed by atoms with Gasteiger partial charge in [-0.25, -0.2) is 4.39 Å². The molecule has 0 fully saturated rings. The average molecular weight is 514 g/mol. The van der Waals surface area contributed by atoms with Crippen molar-refractivity contribution in [3.05, 3.63) is 58.3 Å². The molecule has 2 aliphatic rings. The molecule has 0 saturated carbocycles. The Morgan fingerprint density at radius 2 is 2.11 bits per heavy atom. The van der Waals surface area contributed by atoms with Gasteiger partial charge in [-0.05, 0) is 24.8 Å². The van der Waals surface area contributed by atoms with Gasteiger partial charge in [0.25, 0.3) is 0 Å². The molecule has 8 nitrogen and oxygen atoms in total. The lowest BCUT2D eigenvalue weighted by Crippen LogP contribution is -2.42. The molecule has 1 unspecified atom stereocenters. The maximum atomic E-state index is 14.9. The molecule has 0 saturated heterocycles. The molecular weight excluding hydrogens is 489 g/mol. The van der Waals surface area contributed by atoms with Crippen molar-refractivity contribution in [3.63, 3.8) is 0 Å². The summed E-state index contributed by atoms with van der Waals surface area (Å²) < 4.78 is 20.4. The van der Waals surface area contributed by atoms with E-state index in [4.69, 9.17) is 10.5 Å². The molecule has 1 aliphatic carbocycles. The van der Waals surface area contributed by atoms with E-state index in [1.165, 1.54) is 29.2 Å². The Labute approximate surface area is 210 Å². The fourth-order valence-corrected chi connectivity index (χ4v) is 6.10. The molecule has 2 N–H and O–H groups in total. The Morgan fingerprint density at radius 1 is 1.37 bits per heavy atom. The zero-order chi connectivity index (χ0) is 25.3. The highest BCUT2D eigenvalue weighted by Crippen LogP contribution is 2.51. The summed E-state index contributed by atoms with van der Waals surface area (Å²) in [6.07, 6.45) is 0.739. The largest absolute Gasteiger partial charge is 0.465 e. The summed E-state index contributed by atoms with van der Waals surface area (Å²) in [6, 6.07) is 8.23. The maximum Gasteiger partial charge on any atom is 0.316 e. The molecule has 0 bridgehead atoms. The quantitative estimate of drug-likeness (QED) is 0.445. The smallest absolute Gasteiger partial charge is 0.316 e. The Bertz CT molecular complexity index is 1290. The SMILES string of the molecule is CCOC(=O)CSc1nnc(N2C(N)=C(C#N)C(c3ccccc3F)C3=C2CC(C)(C)CC3=O)s1.